The van der Waals surface area contributed by atoms with Crippen molar-refractivity contribution in [2.24, 2.45) is 10.2 Å². The highest BCUT2D eigenvalue weighted by Crippen LogP contribution is 2.28. The van der Waals surface area contributed by atoms with Crippen molar-refractivity contribution in [2.75, 3.05) is 21.5 Å². The number of aromatic nitrogens is 8. The summed E-state index contributed by atoms with van der Waals surface area (Å²) in [5.74, 6) is -0.277. The Kier molecular flexibility index (Phi) is 15.4. The van der Waals surface area contributed by atoms with Gasteiger partial charge in [-0.15, -0.1) is 0 Å². The van der Waals surface area contributed by atoms with Crippen LogP contribution < -0.4 is 21.5 Å². The zero-order chi connectivity index (χ0) is 51.1. The van der Waals surface area contributed by atoms with Crippen LogP contribution in [0.5, 0.6) is 11.5 Å². The molecule has 74 heavy (non-hydrogen) atoms. The van der Waals surface area contributed by atoms with E-state index in [0.29, 0.717) is 22.5 Å². The molecule has 18 heteroatoms. The molecule has 0 bridgehead atoms. The predicted molar refractivity (Wildman–Crippen MR) is 284 cm³/mol. The molecule has 10 rings (SSSR count). The van der Waals surface area contributed by atoms with Crippen molar-refractivity contribution >= 4 is 47.1 Å². The van der Waals surface area contributed by atoms with Crippen molar-refractivity contribution in [1.29, 1.82) is 0 Å². The minimum atomic E-state index is -0.545. The van der Waals surface area contributed by atoms with Gasteiger partial charge < -0.3 is 20.8 Å². The van der Waals surface area contributed by atoms with E-state index in [1.807, 2.05) is 97.9 Å². The molecule has 6 aromatic heterocycles. The van der Waals surface area contributed by atoms with Gasteiger partial charge in [0.15, 0.2) is 11.6 Å². The first kappa shape index (κ1) is 48.7. The van der Waals surface area contributed by atoms with Gasteiger partial charge in [-0.2, -0.15) is 10.2 Å². The van der Waals surface area contributed by atoms with Crippen molar-refractivity contribution in [3.63, 3.8) is 0 Å². The molecule has 16 nitrogen and oxygen atoms in total. The maximum atomic E-state index is 14.3. The van der Waals surface area contributed by atoms with Crippen LogP contribution in [0.2, 0.25) is 0 Å². The van der Waals surface area contributed by atoms with Gasteiger partial charge in [-0.25, -0.2) is 39.6 Å². The number of hydrazone groups is 2. The summed E-state index contributed by atoms with van der Waals surface area (Å²) in [6.45, 7) is 1.98. The van der Waals surface area contributed by atoms with E-state index in [9.17, 15) is 19.0 Å². The number of rotatable bonds is 15. The maximum Gasteiger partial charge on any atom is 0.244 e. The third-order valence-corrected chi connectivity index (χ3v) is 10.9. The monoisotopic (exact) mass is 982 g/mol. The number of halogens is 2. The van der Waals surface area contributed by atoms with E-state index >= 15 is 0 Å². The molecule has 0 spiro atoms. The largest absolute Gasteiger partial charge is 0.508 e. The van der Waals surface area contributed by atoms with Gasteiger partial charge in [0.25, 0.3) is 0 Å². The summed E-state index contributed by atoms with van der Waals surface area (Å²) >= 11 is 0. The Bertz CT molecular complexity index is 3530. The van der Waals surface area contributed by atoms with E-state index in [-0.39, 0.29) is 34.8 Å². The van der Waals surface area contributed by atoms with E-state index in [1.54, 1.807) is 79.4 Å². The Labute approximate surface area is 423 Å². The lowest BCUT2D eigenvalue weighted by atomic mass is 10.1. The molecule has 0 aliphatic rings. The molecule has 0 unspecified atom stereocenters. The Hall–Kier alpha value is -10.4. The van der Waals surface area contributed by atoms with E-state index in [1.165, 1.54) is 18.6 Å². The van der Waals surface area contributed by atoms with Crippen molar-refractivity contribution in [3.8, 4) is 56.3 Å². The van der Waals surface area contributed by atoms with Gasteiger partial charge in [-0.1, -0.05) is 55.5 Å². The molecule has 0 amide bonds. The van der Waals surface area contributed by atoms with Gasteiger partial charge in [-0.05, 0) is 126 Å². The minimum absolute atomic E-state index is 0.138. The molecule has 0 aliphatic heterocycles. The van der Waals surface area contributed by atoms with Gasteiger partial charge in [0.2, 0.25) is 11.9 Å². The average Bonchev–Trinajstić information content (AvgIpc) is 3.44. The van der Waals surface area contributed by atoms with Crippen LogP contribution in [0.15, 0.2) is 199 Å². The Morgan fingerprint density at radius 2 is 0.959 bits per heavy atom. The Morgan fingerprint density at radius 3 is 1.42 bits per heavy atom. The SMILES string of the molecule is CCc1cc(-c2nc(N/N=C/c3ccc(Nc4ccc(-c5cccc(O)c5)cc4)cn3)ncc2F)ccn1.Oc1cccc(-c2ccc(Nc3ccc(/C=N/Nc4ncc(F)c(-c5cccnc5)n4)nc3)cc2)c1. The fraction of sp³-hybridized carbons (Fsp3) is 0.0357. The van der Waals surface area contributed by atoms with Gasteiger partial charge in [-0.3, -0.25) is 19.9 Å². The van der Waals surface area contributed by atoms with Crippen molar-refractivity contribution in [3.05, 3.63) is 218 Å². The lowest BCUT2D eigenvalue weighted by molar-refractivity contribution is 0.475. The summed E-state index contributed by atoms with van der Waals surface area (Å²) in [5.41, 5.74) is 16.3. The normalized spacial score (nSPS) is 11.0. The van der Waals surface area contributed by atoms with E-state index in [2.05, 4.69) is 71.6 Å². The molecule has 0 radical (unpaired) electrons. The number of benzene rings is 4. The van der Waals surface area contributed by atoms with Crippen LogP contribution in [0.25, 0.3) is 44.8 Å². The number of hydrogen-bond acceptors (Lipinski definition) is 16. The van der Waals surface area contributed by atoms with Crippen molar-refractivity contribution in [1.82, 2.24) is 39.9 Å². The highest BCUT2D eigenvalue weighted by atomic mass is 19.1. The number of nitrogens with one attached hydrogen (secondary N) is 4. The van der Waals surface area contributed by atoms with Crippen LogP contribution in [-0.2, 0) is 6.42 Å². The molecule has 0 saturated heterocycles. The van der Waals surface area contributed by atoms with Crippen molar-refractivity contribution < 1.29 is 19.0 Å². The second-order valence-corrected chi connectivity index (χ2v) is 16.1. The van der Waals surface area contributed by atoms with Crippen LogP contribution in [0.3, 0.4) is 0 Å². The predicted octanol–water partition coefficient (Wildman–Crippen LogP) is 11.8. The number of pyridine rings is 4. The number of hydrogen-bond donors (Lipinski definition) is 6. The Balaban J connectivity index is 0.000000182. The first-order valence-electron chi connectivity index (χ1n) is 23.0. The highest BCUT2D eigenvalue weighted by Gasteiger charge is 2.12. The number of anilines is 6. The number of aromatic hydroxyl groups is 2. The third kappa shape index (κ3) is 13.1. The molecule has 0 saturated carbocycles. The van der Waals surface area contributed by atoms with Crippen LogP contribution >= 0.6 is 0 Å². The summed E-state index contributed by atoms with van der Waals surface area (Å²) < 4.78 is 28.5. The number of phenols is 2. The highest BCUT2D eigenvalue weighted by molar-refractivity contribution is 5.79. The fourth-order valence-electron chi connectivity index (χ4n) is 7.19. The average molecular weight is 983 g/mol. The van der Waals surface area contributed by atoms with Gasteiger partial charge >= 0.3 is 0 Å². The van der Waals surface area contributed by atoms with Crippen LogP contribution in [0, 0.1) is 11.6 Å². The molecule has 364 valence electrons. The zero-order valence-corrected chi connectivity index (χ0v) is 39.4. The van der Waals surface area contributed by atoms with E-state index in [0.717, 1.165) is 69.5 Å². The van der Waals surface area contributed by atoms with Gasteiger partial charge in [0.1, 0.15) is 22.9 Å². The number of aryl methyl sites for hydroxylation is 1. The summed E-state index contributed by atoms with van der Waals surface area (Å²) in [7, 11) is 0. The standard InChI is InChI=1S/C29H24FN7O.C27H20FN7O/c1-2-22-14-21(12-13-31-22)28-27(30)18-33-29(36-28)37-34-17-24-10-11-25(16-32-24)35-23-8-6-19(7-9-23)20-4-3-5-26(38)15-20;28-25-17-31-27(34-26(25)20-4-2-12-29-14-20)35-32-16-22-10-11-23(15-30-22)33-21-8-6-18(7-9-21)19-3-1-5-24(36)13-19/h3-18,35,38H,2H2,1H3,(H,33,36,37);1-17,33,36H,(H,31,34,35)/b34-17+;32-16+. The van der Waals surface area contributed by atoms with Crippen LogP contribution in [0.1, 0.15) is 24.0 Å². The Morgan fingerprint density at radius 1 is 0.459 bits per heavy atom. The van der Waals surface area contributed by atoms with Gasteiger partial charge in [0, 0.05) is 46.8 Å². The third-order valence-electron chi connectivity index (χ3n) is 10.9. The zero-order valence-electron chi connectivity index (χ0n) is 39.4. The first-order valence-corrected chi connectivity index (χ1v) is 23.0. The number of phenolic OH excluding ortho intramolecular Hbond substituents is 2. The van der Waals surface area contributed by atoms with Crippen LogP contribution in [0.4, 0.5) is 43.4 Å². The molecule has 0 fully saturated rings. The lowest BCUT2D eigenvalue weighted by Gasteiger charge is -2.08. The van der Waals surface area contributed by atoms with E-state index < -0.39 is 11.6 Å². The van der Waals surface area contributed by atoms with E-state index in [4.69, 9.17) is 0 Å². The molecule has 0 aliphatic carbocycles. The summed E-state index contributed by atoms with van der Waals surface area (Å²) in [6, 6.07) is 44.4. The molecule has 4 aromatic carbocycles. The van der Waals surface area contributed by atoms with Crippen LogP contribution in [-0.4, -0.2) is 62.5 Å². The first-order chi connectivity index (χ1) is 36.2. The molecule has 6 N–H and O–H groups in total. The quantitative estimate of drug-likeness (QED) is 0.0416. The second-order valence-electron chi connectivity index (χ2n) is 16.1. The minimum Gasteiger partial charge on any atom is -0.508 e. The van der Waals surface area contributed by atoms with Crippen molar-refractivity contribution in [2.45, 2.75) is 13.3 Å². The molecular weight excluding hydrogens is 939 g/mol. The summed E-state index contributed by atoms with van der Waals surface area (Å²) in [5, 5.41) is 34.2. The maximum absolute atomic E-state index is 14.3. The molecule has 6 heterocycles. The summed E-state index contributed by atoms with van der Waals surface area (Å²) in [4.78, 5) is 33.3. The number of nitrogens with zero attached hydrogens (tertiary/aromatic N) is 10. The smallest absolute Gasteiger partial charge is 0.244 e. The lowest BCUT2D eigenvalue weighted by Crippen LogP contribution is -2.01. The molecule has 10 aromatic rings. The summed E-state index contributed by atoms with van der Waals surface area (Å²) in [6.07, 6.45) is 14.2. The molecular formula is C56H44F2N14O2. The second kappa shape index (κ2) is 23.5. The van der Waals surface area contributed by atoms with Gasteiger partial charge in [0.05, 0.1) is 60.0 Å². The topological polar surface area (TPSA) is 216 Å². The fourth-order valence-corrected chi connectivity index (χ4v) is 7.19. The molecule has 0 atom stereocenters.